The summed E-state index contributed by atoms with van der Waals surface area (Å²) < 4.78 is 5.78. The molecule has 0 aromatic heterocycles. The van der Waals surface area contributed by atoms with E-state index in [0.29, 0.717) is 12.0 Å². The first-order valence-corrected chi connectivity index (χ1v) is 8.81. The topological polar surface area (TPSA) is 48.9 Å². The van der Waals surface area contributed by atoms with Crippen LogP contribution in [0.25, 0.3) is 0 Å². The van der Waals surface area contributed by atoms with Crippen molar-refractivity contribution in [3.8, 4) is 0 Å². The third-order valence-electron chi connectivity index (χ3n) is 4.35. The molecule has 1 heterocycles. The molecule has 0 aromatic carbocycles. The average Bonchev–Trinajstić information content (AvgIpc) is 2.49. The van der Waals surface area contributed by atoms with Gasteiger partial charge in [0.05, 0.1) is 6.10 Å². The number of rotatable bonds is 8. The Labute approximate surface area is 136 Å². The molecular weight excluding hydrogens is 276 g/mol. The van der Waals surface area contributed by atoms with Crippen molar-refractivity contribution >= 4 is 5.96 Å². The Hall–Kier alpha value is -0.810. The summed E-state index contributed by atoms with van der Waals surface area (Å²) >= 11 is 0. The van der Waals surface area contributed by atoms with E-state index >= 15 is 0 Å². The molecule has 2 unspecified atom stereocenters. The van der Waals surface area contributed by atoms with Crippen molar-refractivity contribution in [3.05, 3.63) is 0 Å². The Kier molecular flexibility index (Phi) is 9.48. The van der Waals surface area contributed by atoms with E-state index in [1.807, 2.05) is 7.05 Å². The first-order valence-electron chi connectivity index (χ1n) is 8.81. The zero-order valence-corrected chi connectivity index (χ0v) is 15.2. The van der Waals surface area contributed by atoms with Crippen molar-refractivity contribution in [3.63, 3.8) is 0 Å². The monoisotopic (exact) mass is 312 g/mol. The molecule has 1 aliphatic heterocycles. The summed E-state index contributed by atoms with van der Waals surface area (Å²) in [4.78, 5) is 6.74. The maximum Gasteiger partial charge on any atom is 0.190 e. The summed E-state index contributed by atoms with van der Waals surface area (Å²) in [6.45, 7) is 11.6. The predicted octanol–water partition coefficient (Wildman–Crippen LogP) is 1.94. The summed E-state index contributed by atoms with van der Waals surface area (Å²) in [6.07, 6.45) is 3.95. The number of hydrogen-bond acceptors (Lipinski definition) is 3. The fourth-order valence-electron chi connectivity index (χ4n) is 3.06. The number of guanidine groups is 1. The van der Waals surface area contributed by atoms with Crippen molar-refractivity contribution in [1.29, 1.82) is 0 Å². The molecule has 0 amide bonds. The van der Waals surface area contributed by atoms with E-state index < -0.39 is 0 Å². The Morgan fingerprint density at radius 2 is 2.14 bits per heavy atom. The van der Waals surface area contributed by atoms with Gasteiger partial charge in [-0.3, -0.25) is 4.99 Å². The van der Waals surface area contributed by atoms with Gasteiger partial charge in [0, 0.05) is 33.3 Å². The molecule has 0 aliphatic carbocycles. The lowest BCUT2D eigenvalue weighted by Gasteiger charge is -2.30. The summed E-state index contributed by atoms with van der Waals surface area (Å²) in [5.41, 5.74) is 0. The number of piperidine rings is 1. The van der Waals surface area contributed by atoms with Gasteiger partial charge in [-0.05, 0) is 51.6 Å². The lowest BCUT2D eigenvalue weighted by Crippen LogP contribution is -2.44. The van der Waals surface area contributed by atoms with Crippen molar-refractivity contribution in [1.82, 2.24) is 15.5 Å². The van der Waals surface area contributed by atoms with Gasteiger partial charge in [-0.1, -0.05) is 13.8 Å². The maximum absolute atomic E-state index is 5.78. The van der Waals surface area contributed by atoms with Gasteiger partial charge in [0.2, 0.25) is 0 Å². The molecule has 0 aromatic rings. The van der Waals surface area contributed by atoms with Crippen molar-refractivity contribution < 1.29 is 4.74 Å². The minimum atomic E-state index is 0.322. The average molecular weight is 313 g/mol. The van der Waals surface area contributed by atoms with Crippen LogP contribution in [0.1, 0.15) is 40.0 Å². The molecule has 1 saturated heterocycles. The largest absolute Gasteiger partial charge is 0.378 e. The quantitative estimate of drug-likeness (QED) is 0.531. The van der Waals surface area contributed by atoms with Gasteiger partial charge in [-0.25, -0.2) is 0 Å². The molecule has 0 saturated carbocycles. The molecule has 1 aliphatic rings. The van der Waals surface area contributed by atoms with Crippen LogP contribution in [-0.2, 0) is 4.74 Å². The van der Waals surface area contributed by atoms with Crippen molar-refractivity contribution in [2.75, 3.05) is 46.9 Å². The van der Waals surface area contributed by atoms with Gasteiger partial charge in [0.25, 0.3) is 0 Å². The highest BCUT2D eigenvalue weighted by Crippen LogP contribution is 2.13. The van der Waals surface area contributed by atoms with E-state index in [4.69, 9.17) is 4.74 Å². The first-order chi connectivity index (χ1) is 10.6. The van der Waals surface area contributed by atoms with Gasteiger partial charge < -0.3 is 20.3 Å². The fraction of sp³-hybridized carbons (Fsp3) is 0.941. The van der Waals surface area contributed by atoms with E-state index in [9.17, 15) is 0 Å². The second-order valence-electron chi connectivity index (χ2n) is 6.68. The normalized spacial score (nSPS) is 21.9. The van der Waals surface area contributed by atoms with Crippen LogP contribution >= 0.6 is 0 Å². The Morgan fingerprint density at radius 1 is 1.36 bits per heavy atom. The third-order valence-corrected chi connectivity index (χ3v) is 4.35. The summed E-state index contributed by atoms with van der Waals surface area (Å²) in [5.74, 6) is 2.19. The molecule has 2 atom stereocenters. The molecular formula is C17H36N4O. The van der Waals surface area contributed by atoms with Crippen LogP contribution in [0.5, 0.6) is 0 Å². The minimum Gasteiger partial charge on any atom is -0.378 e. The lowest BCUT2D eigenvalue weighted by atomic mass is 9.99. The van der Waals surface area contributed by atoms with E-state index in [1.165, 1.54) is 25.9 Å². The zero-order valence-electron chi connectivity index (χ0n) is 15.2. The molecule has 130 valence electrons. The molecule has 1 fully saturated rings. The van der Waals surface area contributed by atoms with Gasteiger partial charge >= 0.3 is 0 Å². The number of ether oxygens (including phenoxy) is 1. The fourth-order valence-corrected chi connectivity index (χ4v) is 3.06. The summed E-state index contributed by atoms with van der Waals surface area (Å²) in [7, 11) is 4.05. The van der Waals surface area contributed by atoms with Crippen LogP contribution in [-0.4, -0.2) is 63.8 Å². The highest BCUT2D eigenvalue weighted by Gasteiger charge is 2.17. The van der Waals surface area contributed by atoms with Crippen LogP contribution in [0.2, 0.25) is 0 Å². The number of likely N-dealkylation sites (tertiary alicyclic amines) is 1. The van der Waals surface area contributed by atoms with E-state index in [2.05, 4.69) is 48.3 Å². The van der Waals surface area contributed by atoms with Crippen LogP contribution in [0.15, 0.2) is 4.99 Å². The SMILES string of the molecule is CCOC(CCNC(=NC)NCC1CCCN(C)C1)C(C)C. The van der Waals surface area contributed by atoms with Crippen molar-refractivity contribution in [2.45, 2.75) is 46.1 Å². The molecule has 2 N–H and O–H groups in total. The Balaban J connectivity index is 2.24. The van der Waals surface area contributed by atoms with Gasteiger partial charge in [0.15, 0.2) is 5.96 Å². The second-order valence-corrected chi connectivity index (χ2v) is 6.68. The number of aliphatic imine (C=N–C) groups is 1. The van der Waals surface area contributed by atoms with Gasteiger partial charge in [-0.2, -0.15) is 0 Å². The number of hydrogen-bond donors (Lipinski definition) is 2. The zero-order chi connectivity index (χ0) is 16.4. The molecule has 5 nitrogen and oxygen atoms in total. The second kappa shape index (κ2) is 10.8. The third kappa shape index (κ3) is 7.45. The molecule has 0 radical (unpaired) electrons. The smallest absolute Gasteiger partial charge is 0.190 e. The summed E-state index contributed by atoms with van der Waals surface area (Å²) in [5, 5.41) is 6.88. The highest BCUT2D eigenvalue weighted by molar-refractivity contribution is 5.79. The Morgan fingerprint density at radius 3 is 2.73 bits per heavy atom. The summed E-state index contributed by atoms with van der Waals surface area (Å²) in [6, 6.07) is 0. The molecule has 0 bridgehead atoms. The van der Waals surface area contributed by atoms with Crippen LogP contribution in [0, 0.1) is 11.8 Å². The van der Waals surface area contributed by atoms with Crippen LogP contribution < -0.4 is 10.6 Å². The number of nitrogens with one attached hydrogen (secondary N) is 2. The molecule has 22 heavy (non-hydrogen) atoms. The molecule has 5 heteroatoms. The van der Waals surface area contributed by atoms with E-state index in [-0.39, 0.29) is 0 Å². The van der Waals surface area contributed by atoms with E-state index in [1.54, 1.807) is 0 Å². The molecule has 0 spiro atoms. The standard InChI is InChI=1S/C17H36N4O/c1-6-22-16(14(2)3)9-10-19-17(18-4)20-12-15-8-7-11-21(5)13-15/h14-16H,6-13H2,1-5H3,(H2,18,19,20). The van der Waals surface area contributed by atoms with Crippen LogP contribution in [0.3, 0.4) is 0 Å². The Bertz CT molecular complexity index is 320. The maximum atomic E-state index is 5.78. The minimum absolute atomic E-state index is 0.322. The highest BCUT2D eigenvalue weighted by atomic mass is 16.5. The predicted molar refractivity (Wildman–Crippen MR) is 94.5 cm³/mol. The first kappa shape index (κ1) is 19.2. The van der Waals surface area contributed by atoms with Gasteiger partial charge in [0.1, 0.15) is 0 Å². The molecule has 1 rings (SSSR count). The number of nitrogens with zero attached hydrogens (tertiary/aromatic N) is 2. The van der Waals surface area contributed by atoms with E-state index in [0.717, 1.165) is 38.0 Å². The van der Waals surface area contributed by atoms with Gasteiger partial charge in [-0.15, -0.1) is 0 Å². The lowest BCUT2D eigenvalue weighted by molar-refractivity contribution is 0.0258. The van der Waals surface area contributed by atoms with Crippen LogP contribution in [0.4, 0.5) is 0 Å². The van der Waals surface area contributed by atoms with Crippen molar-refractivity contribution in [2.24, 2.45) is 16.8 Å².